The average Bonchev–Trinajstić information content (AvgIpc) is 2.18. The molecule has 0 saturated carbocycles. The molecule has 14 heavy (non-hydrogen) atoms. The largest absolute Gasteiger partial charge is 0.525 e. The van der Waals surface area contributed by atoms with Crippen LogP contribution in [0.1, 0.15) is 0 Å². The number of ether oxygens (including phenoxy) is 1. The first-order chi connectivity index (χ1) is 6.40. The molecule has 2 aromatic carbocycles. The number of hydrogen-bond acceptors (Lipinski definition) is 1. The molecule has 2 heteroatoms. The Kier molecular flexibility index (Phi) is 3.98. The SMILES string of the molecule is [CH2-]COc1ccc2ccccc2c1.[Co]. The Labute approximate surface area is 94.3 Å². The number of benzene rings is 2. The molecule has 0 aliphatic carbocycles. The van der Waals surface area contributed by atoms with Crippen LogP contribution in [0.2, 0.25) is 0 Å². The van der Waals surface area contributed by atoms with Gasteiger partial charge in [0.15, 0.2) is 0 Å². The van der Waals surface area contributed by atoms with E-state index in [1.807, 2.05) is 24.3 Å². The third kappa shape index (κ3) is 2.28. The summed E-state index contributed by atoms with van der Waals surface area (Å²) in [4.78, 5) is 0. The van der Waals surface area contributed by atoms with Gasteiger partial charge in [0.2, 0.25) is 0 Å². The summed E-state index contributed by atoms with van der Waals surface area (Å²) in [6.45, 7) is 4.11. The molecule has 1 nitrogen and oxygen atoms in total. The molecule has 0 aromatic heterocycles. The zero-order valence-corrected chi connectivity index (χ0v) is 8.74. The third-order valence-electron chi connectivity index (χ3n) is 1.99. The predicted octanol–water partition coefficient (Wildman–Crippen LogP) is 3.05. The van der Waals surface area contributed by atoms with Crippen molar-refractivity contribution in [3.8, 4) is 5.75 Å². The van der Waals surface area contributed by atoms with Gasteiger partial charge in [0, 0.05) is 16.8 Å². The van der Waals surface area contributed by atoms with Crippen LogP contribution in [0.25, 0.3) is 10.8 Å². The van der Waals surface area contributed by atoms with Gasteiger partial charge in [-0.15, -0.1) is 0 Å². The normalized spacial score (nSPS) is 9.50. The van der Waals surface area contributed by atoms with Gasteiger partial charge in [0.05, 0.1) is 0 Å². The molecule has 0 N–H and O–H groups in total. The van der Waals surface area contributed by atoms with Gasteiger partial charge in [-0.1, -0.05) is 30.3 Å². The molecule has 0 spiro atoms. The van der Waals surface area contributed by atoms with E-state index in [9.17, 15) is 0 Å². The van der Waals surface area contributed by atoms with E-state index in [1.165, 1.54) is 10.8 Å². The number of fused-ring (bicyclic) bond motifs is 1. The van der Waals surface area contributed by atoms with Crippen molar-refractivity contribution in [1.29, 1.82) is 0 Å². The molecular formula is C12H11CoO-. The topological polar surface area (TPSA) is 9.23 Å². The van der Waals surface area contributed by atoms with Gasteiger partial charge < -0.3 is 11.7 Å². The van der Waals surface area contributed by atoms with E-state index in [0.717, 1.165) is 5.75 Å². The fourth-order valence-corrected chi connectivity index (χ4v) is 1.38. The molecule has 2 rings (SSSR count). The zero-order valence-electron chi connectivity index (χ0n) is 7.70. The van der Waals surface area contributed by atoms with Crippen molar-refractivity contribution in [2.45, 2.75) is 0 Å². The van der Waals surface area contributed by atoms with Gasteiger partial charge in [-0.3, -0.25) is 0 Å². The van der Waals surface area contributed by atoms with E-state index in [2.05, 4.69) is 25.1 Å². The summed E-state index contributed by atoms with van der Waals surface area (Å²) in [5.74, 6) is 0.883. The fraction of sp³-hybridized carbons (Fsp3) is 0.0833. The van der Waals surface area contributed by atoms with Gasteiger partial charge >= 0.3 is 0 Å². The van der Waals surface area contributed by atoms with Gasteiger partial charge in [0.25, 0.3) is 0 Å². The number of hydrogen-bond donors (Lipinski definition) is 0. The monoisotopic (exact) mass is 230 g/mol. The molecule has 0 unspecified atom stereocenters. The Morgan fingerprint density at radius 1 is 1.00 bits per heavy atom. The minimum atomic E-state index is 0. The smallest absolute Gasteiger partial charge is 0.115 e. The van der Waals surface area contributed by atoms with Crippen molar-refractivity contribution < 1.29 is 21.5 Å². The Balaban J connectivity index is 0.000000980. The second kappa shape index (κ2) is 5.03. The van der Waals surface area contributed by atoms with E-state index >= 15 is 0 Å². The molecule has 1 radical (unpaired) electrons. The van der Waals surface area contributed by atoms with Crippen molar-refractivity contribution in [2.75, 3.05) is 6.61 Å². The third-order valence-corrected chi connectivity index (χ3v) is 1.99. The Morgan fingerprint density at radius 2 is 1.71 bits per heavy atom. The molecule has 75 valence electrons. The summed E-state index contributed by atoms with van der Waals surface area (Å²) in [6, 6.07) is 14.3. The average molecular weight is 230 g/mol. The van der Waals surface area contributed by atoms with Gasteiger partial charge in [-0.25, -0.2) is 0 Å². The first kappa shape index (κ1) is 11.1. The summed E-state index contributed by atoms with van der Waals surface area (Å²) in [5, 5.41) is 2.44. The van der Waals surface area contributed by atoms with Gasteiger partial charge in [-0.2, -0.15) is 0 Å². The first-order valence-electron chi connectivity index (χ1n) is 4.31. The van der Waals surface area contributed by atoms with Crippen molar-refractivity contribution in [2.24, 2.45) is 0 Å². The molecule has 0 heterocycles. The van der Waals surface area contributed by atoms with Crippen molar-refractivity contribution >= 4 is 10.8 Å². The van der Waals surface area contributed by atoms with Crippen LogP contribution in [0.3, 0.4) is 0 Å². The summed E-state index contributed by atoms with van der Waals surface area (Å²) < 4.78 is 5.30. The predicted molar refractivity (Wildman–Crippen MR) is 54.8 cm³/mol. The maximum atomic E-state index is 5.30. The van der Waals surface area contributed by atoms with Crippen LogP contribution in [0.4, 0.5) is 0 Å². The van der Waals surface area contributed by atoms with Crippen molar-refractivity contribution in [1.82, 2.24) is 0 Å². The molecule has 0 fully saturated rings. The molecule has 0 aliphatic rings. The van der Waals surface area contributed by atoms with Crippen LogP contribution in [-0.4, -0.2) is 6.61 Å². The van der Waals surface area contributed by atoms with Crippen LogP contribution in [0, 0.1) is 6.92 Å². The number of rotatable bonds is 2. The van der Waals surface area contributed by atoms with Crippen LogP contribution in [-0.2, 0) is 16.8 Å². The van der Waals surface area contributed by atoms with Gasteiger partial charge in [0.1, 0.15) is 5.75 Å². The Bertz CT molecular complexity index is 412. The quantitative estimate of drug-likeness (QED) is 0.720. The Morgan fingerprint density at radius 3 is 2.43 bits per heavy atom. The van der Waals surface area contributed by atoms with Crippen LogP contribution >= 0.6 is 0 Å². The second-order valence-electron chi connectivity index (χ2n) is 2.86. The summed E-state index contributed by atoms with van der Waals surface area (Å²) in [6.07, 6.45) is 0. The van der Waals surface area contributed by atoms with E-state index in [-0.39, 0.29) is 16.8 Å². The minimum absolute atomic E-state index is 0. The molecule has 0 saturated heterocycles. The molecule has 0 bridgehead atoms. The summed E-state index contributed by atoms with van der Waals surface area (Å²) in [7, 11) is 0. The van der Waals surface area contributed by atoms with Crippen LogP contribution < -0.4 is 4.74 Å². The van der Waals surface area contributed by atoms with Crippen LogP contribution in [0.15, 0.2) is 42.5 Å². The second-order valence-corrected chi connectivity index (χ2v) is 2.86. The summed E-state index contributed by atoms with van der Waals surface area (Å²) in [5.41, 5.74) is 0. The molecule has 0 aliphatic heterocycles. The first-order valence-corrected chi connectivity index (χ1v) is 4.31. The molecular weight excluding hydrogens is 219 g/mol. The van der Waals surface area contributed by atoms with Crippen LogP contribution in [0.5, 0.6) is 5.75 Å². The minimum Gasteiger partial charge on any atom is -0.525 e. The van der Waals surface area contributed by atoms with E-state index in [1.54, 1.807) is 0 Å². The van der Waals surface area contributed by atoms with E-state index < -0.39 is 0 Å². The van der Waals surface area contributed by atoms with Gasteiger partial charge in [-0.05, 0) is 29.5 Å². The van der Waals surface area contributed by atoms with E-state index in [4.69, 9.17) is 4.74 Å². The standard InChI is InChI=1S/C12H11O.Co/c1-2-13-12-8-7-10-5-3-4-6-11(10)9-12;/h3-9H,1-2H2;/q-1;. The summed E-state index contributed by atoms with van der Waals surface area (Å²) >= 11 is 0. The fourth-order valence-electron chi connectivity index (χ4n) is 1.38. The molecule has 0 atom stereocenters. The maximum absolute atomic E-state index is 5.30. The maximum Gasteiger partial charge on any atom is 0.115 e. The van der Waals surface area contributed by atoms with E-state index in [0.29, 0.717) is 6.61 Å². The Hall–Kier alpha value is -0.994. The molecule has 0 amide bonds. The van der Waals surface area contributed by atoms with Crippen molar-refractivity contribution in [3.05, 3.63) is 49.4 Å². The molecule has 2 aromatic rings. The zero-order chi connectivity index (χ0) is 9.10. The van der Waals surface area contributed by atoms with Crippen molar-refractivity contribution in [3.63, 3.8) is 0 Å².